The van der Waals surface area contributed by atoms with E-state index in [0.717, 1.165) is 38.4 Å². The molecule has 4 rings (SSSR count). The van der Waals surface area contributed by atoms with Gasteiger partial charge in [0.15, 0.2) is 0 Å². The van der Waals surface area contributed by atoms with Gasteiger partial charge in [-0.05, 0) is 23.8 Å². The van der Waals surface area contributed by atoms with Crippen molar-refractivity contribution in [1.82, 2.24) is 19.8 Å². The third-order valence-electron chi connectivity index (χ3n) is 5.06. The number of rotatable bonds is 4. The summed E-state index contributed by atoms with van der Waals surface area (Å²) in [6.07, 6.45) is 5.10. The first kappa shape index (κ1) is 18.0. The van der Waals surface area contributed by atoms with E-state index in [1.807, 2.05) is 35.4 Å². The molecule has 2 aliphatic rings. The number of ether oxygens (including phenoxy) is 2. The smallest absolute Gasteiger partial charge is 0.273 e. The lowest BCUT2D eigenvalue weighted by atomic mass is 9.98. The van der Waals surface area contributed by atoms with Gasteiger partial charge in [0.05, 0.1) is 32.0 Å². The molecule has 7 heteroatoms. The van der Waals surface area contributed by atoms with Gasteiger partial charge in [-0.3, -0.25) is 19.7 Å². The van der Waals surface area contributed by atoms with Crippen molar-refractivity contribution in [3.05, 3.63) is 60.2 Å². The number of aromatic nitrogens is 2. The summed E-state index contributed by atoms with van der Waals surface area (Å²) in [5.74, 6) is -0.0697. The van der Waals surface area contributed by atoms with Crippen molar-refractivity contribution in [2.45, 2.75) is 12.1 Å². The molecule has 2 saturated heterocycles. The minimum Gasteiger partial charge on any atom is -0.379 e. The van der Waals surface area contributed by atoms with E-state index in [9.17, 15) is 4.79 Å². The lowest BCUT2D eigenvalue weighted by Gasteiger charge is -2.43. The molecule has 2 aliphatic heterocycles. The second-order valence-electron chi connectivity index (χ2n) is 6.77. The zero-order valence-electron chi connectivity index (χ0n) is 15.2. The van der Waals surface area contributed by atoms with Crippen molar-refractivity contribution in [3.63, 3.8) is 0 Å². The minimum absolute atomic E-state index is 0.0697. The van der Waals surface area contributed by atoms with Gasteiger partial charge in [-0.25, -0.2) is 0 Å². The monoisotopic (exact) mass is 368 g/mol. The van der Waals surface area contributed by atoms with Crippen LogP contribution in [0.5, 0.6) is 0 Å². The van der Waals surface area contributed by atoms with Gasteiger partial charge in [-0.1, -0.05) is 12.1 Å². The van der Waals surface area contributed by atoms with Gasteiger partial charge in [-0.15, -0.1) is 0 Å². The summed E-state index contributed by atoms with van der Waals surface area (Å²) in [7, 11) is 0. The van der Waals surface area contributed by atoms with Crippen molar-refractivity contribution in [2.24, 2.45) is 0 Å². The average Bonchev–Trinajstić information content (AvgIpc) is 2.75. The normalized spacial score (nSPS) is 23.9. The molecule has 1 amide bonds. The fourth-order valence-corrected chi connectivity index (χ4v) is 3.73. The summed E-state index contributed by atoms with van der Waals surface area (Å²) in [4.78, 5) is 25.9. The number of morpholine rings is 2. The van der Waals surface area contributed by atoms with E-state index < -0.39 is 0 Å². The van der Waals surface area contributed by atoms with E-state index in [0.29, 0.717) is 18.8 Å². The van der Waals surface area contributed by atoms with Gasteiger partial charge in [0.25, 0.3) is 5.91 Å². The molecule has 2 fully saturated rings. The first-order valence-corrected chi connectivity index (χ1v) is 9.36. The summed E-state index contributed by atoms with van der Waals surface area (Å²) >= 11 is 0. The Morgan fingerprint density at radius 1 is 1.07 bits per heavy atom. The van der Waals surface area contributed by atoms with Crippen molar-refractivity contribution >= 4 is 5.91 Å². The molecular formula is C20H24N4O3. The van der Waals surface area contributed by atoms with Crippen LogP contribution in [0.3, 0.4) is 0 Å². The number of carbonyl (C=O) groups excluding carboxylic acids is 1. The Morgan fingerprint density at radius 3 is 2.70 bits per heavy atom. The Bertz CT molecular complexity index is 737. The van der Waals surface area contributed by atoms with Crippen LogP contribution < -0.4 is 0 Å². The fourth-order valence-electron chi connectivity index (χ4n) is 3.73. The Morgan fingerprint density at radius 2 is 1.96 bits per heavy atom. The Hall–Kier alpha value is -2.35. The number of amides is 1. The van der Waals surface area contributed by atoms with Crippen LogP contribution in [0.15, 0.2) is 48.9 Å². The van der Waals surface area contributed by atoms with Gasteiger partial charge in [-0.2, -0.15) is 0 Å². The second kappa shape index (κ2) is 8.56. The summed E-state index contributed by atoms with van der Waals surface area (Å²) in [6, 6.07) is 9.14. The molecule has 0 radical (unpaired) electrons. The predicted molar refractivity (Wildman–Crippen MR) is 99.3 cm³/mol. The highest BCUT2D eigenvalue weighted by molar-refractivity contribution is 5.92. The summed E-state index contributed by atoms with van der Waals surface area (Å²) in [5, 5.41) is 0. The van der Waals surface area contributed by atoms with Crippen LogP contribution in [0.25, 0.3) is 0 Å². The molecule has 2 aromatic rings. The lowest BCUT2D eigenvalue weighted by molar-refractivity contribution is -0.0820. The number of pyridine rings is 2. The van der Waals surface area contributed by atoms with Crippen molar-refractivity contribution in [2.75, 3.05) is 46.0 Å². The zero-order chi connectivity index (χ0) is 18.5. The Labute approximate surface area is 158 Å². The van der Waals surface area contributed by atoms with E-state index in [2.05, 4.69) is 14.9 Å². The molecule has 0 N–H and O–H groups in total. The molecule has 7 nitrogen and oxygen atoms in total. The van der Waals surface area contributed by atoms with E-state index in [1.165, 1.54) is 0 Å². The maximum atomic E-state index is 13.2. The van der Waals surface area contributed by atoms with Crippen LogP contribution in [-0.2, 0) is 9.47 Å². The highest BCUT2D eigenvalue weighted by atomic mass is 16.5. The maximum absolute atomic E-state index is 13.2. The van der Waals surface area contributed by atoms with Gasteiger partial charge in [0, 0.05) is 44.8 Å². The minimum atomic E-state index is -0.190. The first-order valence-electron chi connectivity index (χ1n) is 9.36. The summed E-state index contributed by atoms with van der Waals surface area (Å²) in [5.41, 5.74) is 1.44. The molecule has 0 spiro atoms. The quantitative estimate of drug-likeness (QED) is 0.813. The van der Waals surface area contributed by atoms with Crippen LogP contribution in [0.4, 0.5) is 0 Å². The van der Waals surface area contributed by atoms with Crippen LogP contribution in [0.1, 0.15) is 22.1 Å². The molecule has 2 atom stereocenters. The molecule has 27 heavy (non-hydrogen) atoms. The Kier molecular flexibility index (Phi) is 5.72. The third-order valence-corrected chi connectivity index (χ3v) is 5.06. The number of hydrogen-bond donors (Lipinski definition) is 0. The van der Waals surface area contributed by atoms with Crippen LogP contribution in [0.2, 0.25) is 0 Å². The highest BCUT2D eigenvalue weighted by Gasteiger charge is 2.38. The summed E-state index contributed by atoms with van der Waals surface area (Å²) in [6.45, 7) is 5.05. The van der Waals surface area contributed by atoms with Crippen LogP contribution in [-0.4, -0.2) is 77.8 Å². The molecule has 0 bridgehead atoms. The molecule has 142 valence electrons. The van der Waals surface area contributed by atoms with E-state index in [1.54, 1.807) is 18.5 Å². The average molecular weight is 368 g/mol. The largest absolute Gasteiger partial charge is 0.379 e. The predicted octanol–water partition coefficient (Wildman–Crippen LogP) is 1.39. The Balaban J connectivity index is 1.61. The fraction of sp³-hybridized carbons (Fsp3) is 0.450. The van der Waals surface area contributed by atoms with E-state index in [-0.39, 0.29) is 18.1 Å². The number of carbonyl (C=O) groups is 1. The third kappa shape index (κ3) is 4.16. The second-order valence-corrected chi connectivity index (χ2v) is 6.77. The van der Waals surface area contributed by atoms with Gasteiger partial charge < -0.3 is 14.4 Å². The van der Waals surface area contributed by atoms with Gasteiger partial charge >= 0.3 is 0 Å². The molecular weight excluding hydrogens is 344 g/mol. The lowest BCUT2D eigenvalue weighted by Crippen LogP contribution is -2.53. The number of nitrogens with zero attached hydrogens (tertiary/aromatic N) is 4. The summed E-state index contributed by atoms with van der Waals surface area (Å²) < 4.78 is 11.6. The molecule has 0 aromatic carbocycles. The standard InChI is InChI=1S/C20H24N4O3/c25-20(17-5-1-2-7-22-17)24-10-13-27-18(15-23-8-11-26-12-9-23)19(24)16-4-3-6-21-14-16/h1-7,14,18-19H,8-13,15H2/t18-,19-/m0/s1. The van der Waals surface area contributed by atoms with Crippen molar-refractivity contribution in [1.29, 1.82) is 0 Å². The van der Waals surface area contributed by atoms with E-state index in [4.69, 9.17) is 9.47 Å². The first-order chi connectivity index (χ1) is 13.3. The van der Waals surface area contributed by atoms with Crippen LogP contribution in [0, 0.1) is 0 Å². The zero-order valence-corrected chi connectivity index (χ0v) is 15.2. The molecule has 0 aliphatic carbocycles. The maximum Gasteiger partial charge on any atom is 0.273 e. The highest BCUT2D eigenvalue weighted by Crippen LogP contribution is 2.31. The SMILES string of the molecule is O=C(c1ccccn1)N1CCO[C@@H](CN2CCOCC2)[C@@H]1c1cccnc1. The van der Waals surface area contributed by atoms with E-state index >= 15 is 0 Å². The molecule has 4 heterocycles. The van der Waals surface area contributed by atoms with Gasteiger partial charge in [0.2, 0.25) is 0 Å². The molecule has 0 unspecified atom stereocenters. The number of hydrogen-bond acceptors (Lipinski definition) is 6. The van der Waals surface area contributed by atoms with Crippen LogP contribution >= 0.6 is 0 Å². The topological polar surface area (TPSA) is 67.8 Å². The molecule has 0 saturated carbocycles. The molecule has 2 aromatic heterocycles. The van der Waals surface area contributed by atoms with Crippen molar-refractivity contribution in [3.8, 4) is 0 Å². The van der Waals surface area contributed by atoms with Crippen molar-refractivity contribution < 1.29 is 14.3 Å². The van der Waals surface area contributed by atoms with Gasteiger partial charge in [0.1, 0.15) is 5.69 Å².